The maximum absolute atomic E-state index is 10.8. The first-order chi connectivity index (χ1) is 14.9. The first-order valence-corrected chi connectivity index (χ1v) is 10.9. The van der Waals surface area contributed by atoms with Crippen LogP contribution in [-0.4, -0.2) is 103 Å². The number of hydrogen-bond donors (Lipinski definition) is 7. The summed E-state index contributed by atoms with van der Waals surface area (Å²) in [5.74, 6) is -2.00. The van der Waals surface area contributed by atoms with Crippen molar-refractivity contribution in [2.75, 3.05) is 6.61 Å². The second-order valence-corrected chi connectivity index (χ2v) is 8.95. The van der Waals surface area contributed by atoms with Crippen molar-refractivity contribution in [2.45, 2.75) is 108 Å². The molecule has 2 heterocycles. The average Bonchev–Trinajstić information content (AvgIpc) is 2.75. The lowest BCUT2D eigenvalue weighted by Crippen LogP contribution is -2.68. The molecule has 0 aromatic carbocycles. The Balaban J connectivity index is 2.31. The minimum absolute atomic E-state index is 0.102. The molecule has 0 aliphatic carbocycles. The number of aliphatic hydroxyl groups excluding tert-OH is 7. The third-order valence-electron chi connectivity index (χ3n) is 5.99. The van der Waals surface area contributed by atoms with Crippen LogP contribution in [0, 0.1) is 0 Å². The van der Waals surface area contributed by atoms with Gasteiger partial charge in [0.05, 0.1) is 12.7 Å². The SMILES string of the molecule is CC(C)=CCCC(C)=CCC1(OC2O[C@H](C)[C@@H](O)[C@H](O)[C@@H]2O)O[C@H](CO)[C@@H](O)[C@H](O)[C@H]1O. The monoisotopic (exact) mass is 462 g/mol. The summed E-state index contributed by atoms with van der Waals surface area (Å²) in [4.78, 5) is 0. The molecule has 2 saturated heterocycles. The summed E-state index contributed by atoms with van der Waals surface area (Å²) in [7, 11) is 0. The van der Waals surface area contributed by atoms with Crippen LogP contribution in [-0.2, 0) is 14.2 Å². The highest BCUT2D eigenvalue weighted by Crippen LogP contribution is 2.38. The standard InChI is InChI=1S/C22H38O10/c1-11(2)6-5-7-12(3)8-9-22(20(29)18(27)16(25)14(10-23)31-22)32-21-19(28)17(26)15(24)13(4)30-21/h6,8,13-21,23-29H,5,7,9-10H2,1-4H3/t13-,14-,15-,16-,17+,18+,19+,20-,21?,22?/m1/s1. The Hall–Kier alpha value is -0.920. The van der Waals surface area contributed by atoms with Crippen molar-refractivity contribution in [1.82, 2.24) is 0 Å². The Morgan fingerprint density at radius 2 is 1.56 bits per heavy atom. The van der Waals surface area contributed by atoms with Gasteiger partial charge in [-0.15, -0.1) is 0 Å². The van der Waals surface area contributed by atoms with Crippen molar-refractivity contribution in [1.29, 1.82) is 0 Å². The molecule has 10 atom stereocenters. The molecule has 0 bridgehead atoms. The van der Waals surface area contributed by atoms with Crippen LogP contribution in [0.4, 0.5) is 0 Å². The number of ether oxygens (including phenoxy) is 3. The van der Waals surface area contributed by atoms with Crippen molar-refractivity contribution in [3.63, 3.8) is 0 Å². The second-order valence-electron chi connectivity index (χ2n) is 8.95. The maximum Gasteiger partial charge on any atom is 0.204 e. The minimum Gasteiger partial charge on any atom is -0.394 e. The summed E-state index contributed by atoms with van der Waals surface area (Å²) in [6, 6.07) is 0. The molecule has 10 heteroatoms. The molecule has 7 N–H and O–H groups in total. The lowest BCUT2D eigenvalue weighted by molar-refractivity contribution is -0.419. The van der Waals surface area contributed by atoms with Gasteiger partial charge in [-0.2, -0.15) is 0 Å². The van der Waals surface area contributed by atoms with Gasteiger partial charge in [0, 0.05) is 6.42 Å². The molecule has 0 amide bonds. The van der Waals surface area contributed by atoms with Crippen LogP contribution in [0.25, 0.3) is 0 Å². The van der Waals surface area contributed by atoms with Crippen molar-refractivity contribution in [3.05, 3.63) is 23.3 Å². The highest BCUT2D eigenvalue weighted by molar-refractivity contribution is 5.07. The summed E-state index contributed by atoms with van der Waals surface area (Å²) in [6.45, 7) is 6.69. The van der Waals surface area contributed by atoms with E-state index in [1.54, 1.807) is 6.08 Å². The van der Waals surface area contributed by atoms with Crippen LogP contribution >= 0.6 is 0 Å². The van der Waals surface area contributed by atoms with Crippen molar-refractivity contribution in [2.24, 2.45) is 0 Å². The maximum atomic E-state index is 10.8. The van der Waals surface area contributed by atoms with Gasteiger partial charge in [-0.3, -0.25) is 0 Å². The molecule has 2 rings (SSSR count). The molecule has 2 aliphatic heterocycles. The van der Waals surface area contributed by atoms with E-state index in [0.717, 1.165) is 18.4 Å². The van der Waals surface area contributed by atoms with Crippen LogP contribution in [0.2, 0.25) is 0 Å². The van der Waals surface area contributed by atoms with Crippen LogP contribution in [0.5, 0.6) is 0 Å². The normalized spacial score (nSPS) is 43.2. The molecule has 0 saturated carbocycles. The Morgan fingerprint density at radius 3 is 2.16 bits per heavy atom. The average molecular weight is 463 g/mol. The first-order valence-electron chi connectivity index (χ1n) is 10.9. The number of hydrogen-bond acceptors (Lipinski definition) is 10. The molecule has 0 spiro atoms. The summed E-state index contributed by atoms with van der Waals surface area (Å²) >= 11 is 0. The van der Waals surface area contributed by atoms with Gasteiger partial charge in [0.1, 0.15) is 42.7 Å². The van der Waals surface area contributed by atoms with Gasteiger partial charge >= 0.3 is 0 Å². The molecule has 186 valence electrons. The largest absolute Gasteiger partial charge is 0.394 e. The van der Waals surface area contributed by atoms with E-state index in [1.165, 1.54) is 12.5 Å². The van der Waals surface area contributed by atoms with Crippen LogP contribution in [0.1, 0.15) is 47.0 Å². The summed E-state index contributed by atoms with van der Waals surface area (Å²) in [5.41, 5.74) is 2.13. The van der Waals surface area contributed by atoms with Gasteiger partial charge in [-0.25, -0.2) is 0 Å². The van der Waals surface area contributed by atoms with Gasteiger partial charge < -0.3 is 50.0 Å². The molecule has 2 unspecified atom stereocenters. The van der Waals surface area contributed by atoms with Gasteiger partial charge in [-0.1, -0.05) is 23.3 Å². The van der Waals surface area contributed by atoms with Gasteiger partial charge in [0.25, 0.3) is 0 Å². The zero-order valence-electron chi connectivity index (χ0n) is 19.0. The molecular formula is C22H38O10. The van der Waals surface area contributed by atoms with Crippen LogP contribution in [0.15, 0.2) is 23.3 Å². The molecular weight excluding hydrogens is 424 g/mol. The van der Waals surface area contributed by atoms with E-state index in [2.05, 4.69) is 6.08 Å². The number of rotatable bonds is 8. The third kappa shape index (κ3) is 6.15. The predicted octanol–water partition coefficient (Wildman–Crippen LogP) is -0.917. The van der Waals surface area contributed by atoms with Gasteiger partial charge in [0.2, 0.25) is 5.79 Å². The van der Waals surface area contributed by atoms with E-state index in [1.807, 2.05) is 20.8 Å². The van der Waals surface area contributed by atoms with E-state index in [9.17, 15) is 35.7 Å². The van der Waals surface area contributed by atoms with Crippen LogP contribution < -0.4 is 0 Å². The summed E-state index contributed by atoms with van der Waals surface area (Å²) in [6.07, 6.45) is -8.11. The van der Waals surface area contributed by atoms with E-state index < -0.39 is 67.5 Å². The Labute approximate surface area is 188 Å². The molecule has 0 radical (unpaired) electrons. The Morgan fingerprint density at radius 1 is 0.906 bits per heavy atom. The summed E-state index contributed by atoms with van der Waals surface area (Å²) in [5, 5.41) is 71.3. The predicted molar refractivity (Wildman–Crippen MR) is 113 cm³/mol. The Kier molecular flexibility index (Phi) is 9.80. The molecule has 2 aliphatic rings. The van der Waals surface area contributed by atoms with Crippen molar-refractivity contribution < 1.29 is 50.0 Å². The molecule has 0 aromatic heterocycles. The lowest BCUT2D eigenvalue weighted by atomic mass is 9.89. The highest BCUT2D eigenvalue weighted by Gasteiger charge is 2.57. The minimum atomic E-state index is -2.00. The molecule has 2 fully saturated rings. The quantitative estimate of drug-likeness (QED) is 0.224. The molecule has 32 heavy (non-hydrogen) atoms. The third-order valence-corrected chi connectivity index (χ3v) is 5.99. The lowest BCUT2D eigenvalue weighted by Gasteiger charge is -2.50. The van der Waals surface area contributed by atoms with Gasteiger partial charge in [0.15, 0.2) is 6.29 Å². The first kappa shape index (κ1) is 27.3. The highest BCUT2D eigenvalue weighted by atomic mass is 16.8. The fraction of sp³-hybridized carbons (Fsp3) is 0.818. The van der Waals surface area contributed by atoms with E-state index in [4.69, 9.17) is 14.2 Å². The van der Waals surface area contributed by atoms with Gasteiger partial charge in [-0.05, 0) is 40.5 Å². The van der Waals surface area contributed by atoms with E-state index in [0.29, 0.717) is 0 Å². The fourth-order valence-corrected chi connectivity index (χ4v) is 3.84. The van der Waals surface area contributed by atoms with Crippen LogP contribution in [0.3, 0.4) is 0 Å². The number of aliphatic hydroxyl groups is 7. The smallest absolute Gasteiger partial charge is 0.204 e. The zero-order chi connectivity index (χ0) is 24.2. The van der Waals surface area contributed by atoms with Crippen molar-refractivity contribution in [3.8, 4) is 0 Å². The topological polar surface area (TPSA) is 169 Å². The Bertz CT molecular complexity index is 661. The van der Waals surface area contributed by atoms with Crippen molar-refractivity contribution >= 4 is 0 Å². The second kappa shape index (κ2) is 11.5. The van der Waals surface area contributed by atoms with E-state index >= 15 is 0 Å². The summed E-state index contributed by atoms with van der Waals surface area (Å²) < 4.78 is 17.0. The zero-order valence-corrected chi connectivity index (χ0v) is 19.0. The number of allylic oxidation sites excluding steroid dienone is 3. The van der Waals surface area contributed by atoms with E-state index in [-0.39, 0.29) is 6.42 Å². The molecule has 0 aromatic rings. The molecule has 10 nitrogen and oxygen atoms in total. The fourth-order valence-electron chi connectivity index (χ4n) is 3.84.